The van der Waals surface area contributed by atoms with Crippen molar-refractivity contribution in [2.24, 2.45) is 0 Å². The number of carbonyl (C=O) groups excluding carboxylic acids is 1. The van der Waals surface area contributed by atoms with E-state index in [1.54, 1.807) is 11.3 Å². The van der Waals surface area contributed by atoms with Crippen molar-refractivity contribution in [3.05, 3.63) is 43.2 Å². The summed E-state index contributed by atoms with van der Waals surface area (Å²) in [7, 11) is 0. The van der Waals surface area contributed by atoms with Gasteiger partial charge in [0.05, 0.1) is 10.3 Å². The Morgan fingerprint density at radius 3 is 2.87 bits per heavy atom. The lowest BCUT2D eigenvalue weighted by molar-refractivity contribution is 0.0952. The molecule has 1 N–H and O–H groups in total. The van der Waals surface area contributed by atoms with E-state index in [9.17, 15) is 4.79 Å². The molecule has 2 aromatic rings. The van der Waals surface area contributed by atoms with Crippen LogP contribution in [0.1, 0.15) is 15.2 Å². The van der Waals surface area contributed by atoms with Crippen LogP contribution in [0.25, 0.3) is 0 Å². The second-order valence-electron chi connectivity index (χ2n) is 2.90. The molecule has 0 unspecified atom stereocenters. The third kappa shape index (κ3) is 2.90. The van der Waals surface area contributed by atoms with Crippen molar-refractivity contribution in [1.29, 1.82) is 0 Å². The van der Waals surface area contributed by atoms with Crippen LogP contribution >= 0.6 is 38.6 Å². The van der Waals surface area contributed by atoms with E-state index in [2.05, 4.69) is 21.2 Å². The van der Waals surface area contributed by atoms with Gasteiger partial charge in [-0.2, -0.15) is 11.3 Å². The summed E-state index contributed by atoms with van der Waals surface area (Å²) in [6.07, 6.45) is 0. The number of carbonyl (C=O) groups is 1. The lowest BCUT2D eigenvalue weighted by Crippen LogP contribution is -2.21. The molecule has 0 spiro atoms. The highest BCUT2D eigenvalue weighted by Gasteiger charge is 2.05. The van der Waals surface area contributed by atoms with Crippen LogP contribution in [0.3, 0.4) is 0 Å². The highest BCUT2D eigenvalue weighted by molar-refractivity contribution is 9.11. The Morgan fingerprint density at radius 1 is 1.40 bits per heavy atom. The average molecular weight is 302 g/mol. The minimum atomic E-state index is -0.0132. The van der Waals surface area contributed by atoms with Gasteiger partial charge in [0.1, 0.15) is 0 Å². The molecule has 5 heteroatoms. The van der Waals surface area contributed by atoms with Gasteiger partial charge in [-0.1, -0.05) is 0 Å². The summed E-state index contributed by atoms with van der Waals surface area (Å²) in [4.78, 5) is 12.7. The Bertz CT molecular complexity index is 450. The van der Waals surface area contributed by atoms with Crippen molar-refractivity contribution in [3.63, 3.8) is 0 Å². The molecule has 1 amide bonds. The number of hydrogen-bond acceptors (Lipinski definition) is 3. The molecule has 78 valence electrons. The fraction of sp³-hybridized carbons (Fsp3) is 0.100. The number of nitrogens with one attached hydrogen (secondary N) is 1. The Labute approximate surface area is 104 Å². The summed E-state index contributed by atoms with van der Waals surface area (Å²) in [6.45, 7) is 0.588. The molecule has 0 aromatic carbocycles. The number of hydrogen-bond donors (Lipinski definition) is 1. The number of rotatable bonds is 3. The fourth-order valence-corrected chi connectivity index (χ4v) is 3.17. The monoisotopic (exact) mass is 301 g/mol. The van der Waals surface area contributed by atoms with E-state index in [0.29, 0.717) is 6.54 Å². The summed E-state index contributed by atoms with van der Waals surface area (Å²) in [5, 5.41) is 6.62. The molecule has 2 nitrogen and oxygen atoms in total. The first kappa shape index (κ1) is 10.9. The van der Waals surface area contributed by atoms with Gasteiger partial charge >= 0.3 is 0 Å². The van der Waals surface area contributed by atoms with Gasteiger partial charge in [0.25, 0.3) is 5.91 Å². The van der Waals surface area contributed by atoms with E-state index in [0.717, 1.165) is 14.2 Å². The van der Waals surface area contributed by atoms with Gasteiger partial charge in [0, 0.05) is 15.8 Å². The summed E-state index contributed by atoms with van der Waals surface area (Å²) in [5.41, 5.74) is 0.732. The molecule has 0 saturated carbocycles. The molecule has 0 bridgehead atoms. The van der Waals surface area contributed by atoms with Crippen LogP contribution < -0.4 is 5.32 Å². The predicted molar refractivity (Wildman–Crippen MR) is 67.5 cm³/mol. The second kappa shape index (κ2) is 4.92. The number of amides is 1. The maximum absolute atomic E-state index is 11.6. The summed E-state index contributed by atoms with van der Waals surface area (Å²) in [5.74, 6) is -0.0132. The summed E-state index contributed by atoms with van der Waals surface area (Å²) >= 11 is 6.54. The van der Waals surface area contributed by atoms with Crippen molar-refractivity contribution in [2.75, 3.05) is 0 Å². The molecule has 0 aliphatic carbocycles. The van der Waals surface area contributed by atoms with E-state index >= 15 is 0 Å². The zero-order valence-electron chi connectivity index (χ0n) is 7.70. The van der Waals surface area contributed by atoms with E-state index < -0.39 is 0 Å². The highest BCUT2D eigenvalue weighted by atomic mass is 79.9. The third-order valence-corrected chi connectivity index (χ3v) is 4.14. The zero-order chi connectivity index (χ0) is 10.7. The normalized spacial score (nSPS) is 10.2. The van der Waals surface area contributed by atoms with Crippen molar-refractivity contribution < 1.29 is 4.79 Å². The summed E-state index contributed by atoms with van der Waals surface area (Å²) < 4.78 is 1.09. The van der Waals surface area contributed by atoms with Gasteiger partial charge < -0.3 is 5.32 Å². The fourth-order valence-electron chi connectivity index (χ4n) is 1.11. The Balaban J connectivity index is 1.91. The van der Waals surface area contributed by atoms with Crippen LogP contribution in [0.2, 0.25) is 0 Å². The largest absolute Gasteiger partial charge is 0.347 e. The predicted octanol–water partition coefficient (Wildman–Crippen LogP) is 3.50. The van der Waals surface area contributed by atoms with Crippen molar-refractivity contribution >= 4 is 44.5 Å². The number of thiophene rings is 2. The van der Waals surface area contributed by atoms with Crippen molar-refractivity contribution in [3.8, 4) is 0 Å². The molecule has 15 heavy (non-hydrogen) atoms. The molecular weight excluding hydrogens is 294 g/mol. The van der Waals surface area contributed by atoms with E-state index in [-0.39, 0.29) is 5.91 Å². The van der Waals surface area contributed by atoms with Gasteiger partial charge in [-0.05, 0) is 39.5 Å². The molecule has 2 aromatic heterocycles. The first-order valence-electron chi connectivity index (χ1n) is 4.30. The van der Waals surface area contributed by atoms with E-state index in [4.69, 9.17) is 0 Å². The smallest absolute Gasteiger partial charge is 0.252 e. The van der Waals surface area contributed by atoms with Gasteiger partial charge in [-0.3, -0.25) is 4.79 Å². The highest BCUT2D eigenvalue weighted by Crippen LogP contribution is 2.21. The standard InChI is InChI=1S/C10H8BrNOS2/c11-9-2-1-8(15-9)5-12-10(13)7-3-4-14-6-7/h1-4,6H,5H2,(H,12,13). The minimum Gasteiger partial charge on any atom is -0.347 e. The summed E-state index contributed by atoms with van der Waals surface area (Å²) in [6, 6.07) is 5.81. The topological polar surface area (TPSA) is 29.1 Å². The molecule has 0 aliphatic rings. The Kier molecular flexibility index (Phi) is 3.56. The van der Waals surface area contributed by atoms with Gasteiger partial charge in [0.2, 0.25) is 0 Å². The molecule has 2 rings (SSSR count). The van der Waals surface area contributed by atoms with Gasteiger partial charge in [0.15, 0.2) is 0 Å². The lowest BCUT2D eigenvalue weighted by Gasteiger charge is -2.00. The van der Waals surface area contributed by atoms with Crippen LogP contribution in [-0.4, -0.2) is 5.91 Å². The van der Waals surface area contributed by atoms with Crippen LogP contribution in [0, 0.1) is 0 Å². The van der Waals surface area contributed by atoms with Gasteiger partial charge in [-0.15, -0.1) is 11.3 Å². The van der Waals surface area contributed by atoms with Crippen molar-refractivity contribution in [2.45, 2.75) is 6.54 Å². The van der Waals surface area contributed by atoms with Crippen LogP contribution in [0.15, 0.2) is 32.7 Å². The van der Waals surface area contributed by atoms with E-state index in [1.165, 1.54) is 11.3 Å². The van der Waals surface area contributed by atoms with Crippen LogP contribution in [0.5, 0.6) is 0 Å². The van der Waals surface area contributed by atoms with Gasteiger partial charge in [-0.25, -0.2) is 0 Å². The molecule has 0 fully saturated rings. The molecule has 0 atom stereocenters. The first-order chi connectivity index (χ1) is 7.25. The minimum absolute atomic E-state index is 0.0132. The average Bonchev–Trinajstić information content (AvgIpc) is 2.84. The maximum Gasteiger partial charge on any atom is 0.252 e. The maximum atomic E-state index is 11.6. The molecule has 0 radical (unpaired) electrons. The lowest BCUT2D eigenvalue weighted by atomic mass is 10.3. The van der Waals surface area contributed by atoms with Crippen molar-refractivity contribution in [1.82, 2.24) is 5.32 Å². The number of halogens is 1. The van der Waals surface area contributed by atoms with E-state index in [1.807, 2.05) is 29.0 Å². The molecule has 0 aliphatic heterocycles. The SMILES string of the molecule is O=C(NCc1ccc(Br)s1)c1ccsc1. The zero-order valence-corrected chi connectivity index (χ0v) is 10.9. The second-order valence-corrected chi connectivity index (χ2v) is 6.23. The first-order valence-corrected chi connectivity index (χ1v) is 6.85. The van der Waals surface area contributed by atoms with Crippen LogP contribution in [-0.2, 0) is 6.54 Å². The third-order valence-electron chi connectivity index (χ3n) is 1.84. The molecule has 0 saturated heterocycles. The molecular formula is C10H8BrNOS2. The quantitative estimate of drug-likeness (QED) is 0.923. The van der Waals surface area contributed by atoms with Crippen LogP contribution in [0.4, 0.5) is 0 Å². The Morgan fingerprint density at radius 2 is 2.27 bits per heavy atom. The Hall–Kier alpha value is -0.650. The molecule has 2 heterocycles.